The van der Waals surface area contributed by atoms with Gasteiger partial charge in [-0.05, 0) is 13.1 Å². The summed E-state index contributed by atoms with van der Waals surface area (Å²) in [5.74, 6) is 2.12. The van der Waals surface area contributed by atoms with Gasteiger partial charge in [-0.15, -0.1) is 0 Å². The highest BCUT2D eigenvalue weighted by molar-refractivity contribution is 6.31. The molecular weight excluding hydrogens is 174 g/mol. The Hall–Kier alpha value is -0.470. The van der Waals surface area contributed by atoms with Gasteiger partial charge in [-0.25, -0.2) is 0 Å². The number of furan rings is 1. The molecule has 0 radical (unpaired) electrons. The van der Waals surface area contributed by atoms with E-state index in [1.807, 2.05) is 13.1 Å². The van der Waals surface area contributed by atoms with E-state index in [4.69, 9.17) is 16.0 Å². The Morgan fingerprint density at radius 2 is 2.25 bits per heavy atom. The number of hydrogen-bond acceptors (Lipinski definition) is 2. The van der Waals surface area contributed by atoms with Crippen molar-refractivity contribution in [1.82, 2.24) is 5.32 Å². The van der Waals surface area contributed by atoms with Crippen LogP contribution in [0.15, 0.2) is 10.5 Å². The first-order chi connectivity index (χ1) is 5.65. The molecule has 2 nitrogen and oxygen atoms in total. The highest BCUT2D eigenvalue weighted by atomic mass is 35.5. The Morgan fingerprint density at radius 3 is 2.67 bits per heavy atom. The fraction of sp³-hybridized carbons (Fsp3) is 0.556. The van der Waals surface area contributed by atoms with Crippen molar-refractivity contribution in [1.29, 1.82) is 0 Å². The molecule has 0 spiro atoms. The minimum Gasteiger partial charge on any atom is -0.463 e. The standard InChI is InChI=1S/C9H14ClNO/c1-6(2)9-8(10)4-7(12-9)5-11-3/h4,6,11H,5H2,1-3H3. The Bertz CT molecular complexity index is 255. The molecule has 3 heteroatoms. The molecule has 0 aliphatic rings. The number of halogens is 1. The van der Waals surface area contributed by atoms with Gasteiger partial charge in [0.15, 0.2) is 0 Å². The van der Waals surface area contributed by atoms with Crippen molar-refractivity contribution in [3.8, 4) is 0 Å². The fourth-order valence-corrected chi connectivity index (χ4v) is 1.47. The van der Waals surface area contributed by atoms with E-state index in [1.165, 1.54) is 0 Å². The normalized spacial score (nSPS) is 11.1. The minimum absolute atomic E-state index is 0.350. The number of hydrogen-bond donors (Lipinski definition) is 1. The summed E-state index contributed by atoms with van der Waals surface area (Å²) in [6, 6.07) is 1.87. The lowest BCUT2D eigenvalue weighted by molar-refractivity contribution is 0.439. The van der Waals surface area contributed by atoms with E-state index < -0.39 is 0 Å². The molecule has 1 aromatic heterocycles. The first-order valence-electron chi connectivity index (χ1n) is 4.08. The van der Waals surface area contributed by atoms with E-state index in [0.717, 1.165) is 23.1 Å². The maximum atomic E-state index is 5.95. The summed E-state index contributed by atoms with van der Waals surface area (Å²) in [6.07, 6.45) is 0. The van der Waals surface area contributed by atoms with Crippen LogP contribution in [0.2, 0.25) is 5.02 Å². The second-order valence-corrected chi connectivity index (χ2v) is 3.52. The maximum absolute atomic E-state index is 5.95. The van der Waals surface area contributed by atoms with E-state index in [-0.39, 0.29) is 0 Å². The highest BCUT2D eigenvalue weighted by Gasteiger charge is 2.11. The molecule has 0 bridgehead atoms. The summed E-state index contributed by atoms with van der Waals surface area (Å²) in [6.45, 7) is 4.86. The van der Waals surface area contributed by atoms with Crippen LogP contribution in [0.3, 0.4) is 0 Å². The predicted octanol–water partition coefficient (Wildman–Crippen LogP) is 2.78. The summed E-state index contributed by atoms with van der Waals surface area (Å²) in [5, 5.41) is 3.74. The second kappa shape index (κ2) is 3.97. The monoisotopic (exact) mass is 187 g/mol. The van der Waals surface area contributed by atoms with Crippen LogP contribution in [-0.4, -0.2) is 7.05 Å². The lowest BCUT2D eigenvalue weighted by Gasteiger charge is -1.99. The number of nitrogens with one attached hydrogen (secondary N) is 1. The molecule has 1 heterocycles. The Kier molecular flexibility index (Phi) is 3.18. The molecule has 0 atom stereocenters. The molecule has 1 rings (SSSR count). The molecule has 0 saturated carbocycles. The van der Waals surface area contributed by atoms with Crippen molar-refractivity contribution >= 4 is 11.6 Å². The van der Waals surface area contributed by atoms with Crippen LogP contribution in [0.5, 0.6) is 0 Å². The van der Waals surface area contributed by atoms with Gasteiger partial charge < -0.3 is 9.73 Å². The van der Waals surface area contributed by atoms with Crippen molar-refractivity contribution in [2.24, 2.45) is 0 Å². The molecular formula is C9H14ClNO. The first-order valence-corrected chi connectivity index (χ1v) is 4.45. The van der Waals surface area contributed by atoms with E-state index in [2.05, 4.69) is 19.2 Å². The molecule has 1 aromatic rings. The van der Waals surface area contributed by atoms with Crippen molar-refractivity contribution in [3.63, 3.8) is 0 Å². The summed E-state index contributed by atoms with van der Waals surface area (Å²) < 4.78 is 5.52. The average Bonchev–Trinajstić information content (AvgIpc) is 2.32. The lowest BCUT2D eigenvalue weighted by atomic mass is 10.2. The van der Waals surface area contributed by atoms with Gasteiger partial charge in [0.1, 0.15) is 11.5 Å². The van der Waals surface area contributed by atoms with Crippen molar-refractivity contribution in [2.75, 3.05) is 7.05 Å². The molecule has 0 saturated heterocycles. The van der Waals surface area contributed by atoms with Crippen molar-refractivity contribution in [2.45, 2.75) is 26.3 Å². The summed E-state index contributed by atoms with van der Waals surface area (Å²) in [5.41, 5.74) is 0. The summed E-state index contributed by atoms with van der Waals surface area (Å²) in [7, 11) is 1.88. The third-order valence-electron chi connectivity index (χ3n) is 1.64. The molecule has 0 fully saturated rings. The largest absolute Gasteiger partial charge is 0.463 e. The molecule has 0 unspecified atom stereocenters. The molecule has 0 aliphatic heterocycles. The second-order valence-electron chi connectivity index (χ2n) is 3.11. The molecule has 0 aliphatic carbocycles. The zero-order valence-electron chi connectivity index (χ0n) is 7.65. The lowest BCUT2D eigenvalue weighted by Crippen LogP contribution is -2.03. The van der Waals surface area contributed by atoms with E-state index in [1.54, 1.807) is 0 Å². The molecule has 12 heavy (non-hydrogen) atoms. The van der Waals surface area contributed by atoms with Gasteiger partial charge in [0, 0.05) is 5.92 Å². The van der Waals surface area contributed by atoms with Gasteiger partial charge >= 0.3 is 0 Å². The highest BCUT2D eigenvalue weighted by Crippen LogP contribution is 2.27. The molecule has 68 valence electrons. The minimum atomic E-state index is 0.350. The van der Waals surface area contributed by atoms with Gasteiger partial charge in [0.2, 0.25) is 0 Å². The van der Waals surface area contributed by atoms with Crippen molar-refractivity contribution < 1.29 is 4.42 Å². The van der Waals surface area contributed by atoms with Gasteiger partial charge in [-0.3, -0.25) is 0 Å². The quantitative estimate of drug-likeness (QED) is 0.788. The predicted molar refractivity (Wildman–Crippen MR) is 50.6 cm³/mol. The zero-order valence-corrected chi connectivity index (χ0v) is 8.40. The molecule has 0 aromatic carbocycles. The van der Waals surface area contributed by atoms with Crippen LogP contribution in [0.4, 0.5) is 0 Å². The van der Waals surface area contributed by atoms with Crippen LogP contribution in [0, 0.1) is 0 Å². The molecule has 0 amide bonds. The third-order valence-corrected chi connectivity index (χ3v) is 1.93. The van der Waals surface area contributed by atoms with Gasteiger partial charge in [-0.2, -0.15) is 0 Å². The molecule has 1 N–H and O–H groups in total. The van der Waals surface area contributed by atoms with Crippen LogP contribution < -0.4 is 5.32 Å². The SMILES string of the molecule is CNCc1cc(Cl)c(C(C)C)o1. The topological polar surface area (TPSA) is 25.2 Å². The van der Waals surface area contributed by atoms with Crippen LogP contribution >= 0.6 is 11.6 Å². The van der Waals surface area contributed by atoms with Crippen LogP contribution in [0.1, 0.15) is 31.3 Å². The smallest absolute Gasteiger partial charge is 0.125 e. The van der Waals surface area contributed by atoms with Crippen LogP contribution in [-0.2, 0) is 6.54 Å². The Balaban J connectivity index is 2.85. The van der Waals surface area contributed by atoms with Crippen LogP contribution in [0.25, 0.3) is 0 Å². The van der Waals surface area contributed by atoms with Gasteiger partial charge in [0.05, 0.1) is 11.6 Å². The van der Waals surface area contributed by atoms with E-state index in [9.17, 15) is 0 Å². The summed E-state index contributed by atoms with van der Waals surface area (Å²) >= 11 is 5.95. The average molecular weight is 188 g/mol. The maximum Gasteiger partial charge on any atom is 0.125 e. The van der Waals surface area contributed by atoms with Gasteiger partial charge in [-0.1, -0.05) is 25.4 Å². The first kappa shape index (κ1) is 9.62. The Labute approximate surface area is 77.9 Å². The Morgan fingerprint density at radius 1 is 1.58 bits per heavy atom. The van der Waals surface area contributed by atoms with E-state index >= 15 is 0 Å². The summed E-state index contributed by atoms with van der Waals surface area (Å²) in [4.78, 5) is 0. The van der Waals surface area contributed by atoms with E-state index in [0.29, 0.717) is 5.92 Å². The fourth-order valence-electron chi connectivity index (χ4n) is 1.09. The van der Waals surface area contributed by atoms with Crippen molar-refractivity contribution in [3.05, 3.63) is 22.6 Å². The third kappa shape index (κ3) is 2.02. The van der Waals surface area contributed by atoms with Gasteiger partial charge in [0.25, 0.3) is 0 Å². The zero-order chi connectivity index (χ0) is 9.14. The number of rotatable bonds is 3.